The van der Waals surface area contributed by atoms with Gasteiger partial charge in [-0.1, -0.05) is 13.8 Å². The van der Waals surface area contributed by atoms with Crippen LogP contribution in [0.4, 0.5) is 0 Å². The molecule has 1 aliphatic rings. The number of ether oxygens (including phenoxy) is 2. The van der Waals surface area contributed by atoms with Crippen LogP contribution in [0.1, 0.15) is 33.6 Å². The van der Waals surface area contributed by atoms with Gasteiger partial charge in [0.15, 0.2) is 0 Å². The van der Waals surface area contributed by atoms with Gasteiger partial charge in [-0.2, -0.15) is 0 Å². The summed E-state index contributed by atoms with van der Waals surface area (Å²) >= 11 is 0. The number of nitrogens with one attached hydrogen (secondary N) is 1. The van der Waals surface area contributed by atoms with Crippen LogP contribution in [0.3, 0.4) is 0 Å². The fourth-order valence-corrected chi connectivity index (χ4v) is 1.45. The second kappa shape index (κ2) is 6.43. The van der Waals surface area contributed by atoms with Gasteiger partial charge in [-0.15, -0.1) is 0 Å². The summed E-state index contributed by atoms with van der Waals surface area (Å²) in [6.07, 6.45) is 1.01. The van der Waals surface area contributed by atoms with Crippen molar-refractivity contribution < 1.29 is 14.6 Å². The standard InChI is InChI=1S/C11H23NO3/c1-8(2)9(3)12-11(13)15-10-4-6-14-7-5-10/h8-13H,4-7H2,1-3H3/t9-,11?/m1/s1. The van der Waals surface area contributed by atoms with Gasteiger partial charge in [-0.25, -0.2) is 0 Å². The van der Waals surface area contributed by atoms with E-state index in [1.54, 1.807) is 0 Å². The third kappa shape index (κ3) is 4.93. The maximum atomic E-state index is 9.65. The minimum absolute atomic E-state index is 0.126. The van der Waals surface area contributed by atoms with E-state index in [1.165, 1.54) is 0 Å². The fraction of sp³-hybridized carbons (Fsp3) is 1.00. The molecule has 1 aliphatic heterocycles. The number of aliphatic hydroxyl groups is 1. The van der Waals surface area contributed by atoms with E-state index in [4.69, 9.17) is 9.47 Å². The van der Waals surface area contributed by atoms with E-state index in [-0.39, 0.29) is 12.1 Å². The van der Waals surface area contributed by atoms with Crippen LogP contribution in [0, 0.1) is 5.92 Å². The van der Waals surface area contributed by atoms with E-state index < -0.39 is 6.41 Å². The van der Waals surface area contributed by atoms with Crippen molar-refractivity contribution in [3.63, 3.8) is 0 Å². The lowest BCUT2D eigenvalue weighted by Gasteiger charge is -2.28. The highest BCUT2D eigenvalue weighted by molar-refractivity contribution is 4.66. The van der Waals surface area contributed by atoms with Crippen LogP contribution in [0.25, 0.3) is 0 Å². The van der Waals surface area contributed by atoms with Gasteiger partial charge >= 0.3 is 0 Å². The molecule has 0 bridgehead atoms. The average molecular weight is 217 g/mol. The molecular formula is C11H23NO3. The van der Waals surface area contributed by atoms with Crippen LogP contribution in [-0.2, 0) is 9.47 Å². The third-order valence-electron chi connectivity index (χ3n) is 2.90. The first kappa shape index (κ1) is 12.9. The van der Waals surface area contributed by atoms with Crippen molar-refractivity contribution in [1.29, 1.82) is 0 Å². The van der Waals surface area contributed by atoms with Gasteiger partial charge < -0.3 is 14.6 Å². The van der Waals surface area contributed by atoms with Crippen molar-refractivity contribution >= 4 is 0 Å². The molecule has 4 nitrogen and oxygen atoms in total. The molecule has 0 aromatic carbocycles. The van der Waals surface area contributed by atoms with E-state index in [0.717, 1.165) is 26.1 Å². The summed E-state index contributed by atoms with van der Waals surface area (Å²) < 4.78 is 10.7. The van der Waals surface area contributed by atoms with Crippen molar-refractivity contribution in [3.8, 4) is 0 Å². The molecule has 2 atom stereocenters. The first-order valence-electron chi connectivity index (χ1n) is 5.77. The predicted octanol–water partition coefficient (Wildman–Crippen LogP) is 1.09. The van der Waals surface area contributed by atoms with Gasteiger partial charge in [0.05, 0.1) is 6.10 Å². The first-order chi connectivity index (χ1) is 7.09. The topological polar surface area (TPSA) is 50.7 Å². The quantitative estimate of drug-likeness (QED) is 0.677. The second-order valence-corrected chi connectivity index (χ2v) is 4.50. The molecule has 90 valence electrons. The van der Waals surface area contributed by atoms with E-state index in [2.05, 4.69) is 19.2 Å². The summed E-state index contributed by atoms with van der Waals surface area (Å²) in [4.78, 5) is 0. The fourth-order valence-electron chi connectivity index (χ4n) is 1.45. The Kier molecular flexibility index (Phi) is 5.53. The molecule has 2 N–H and O–H groups in total. The molecule has 15 heavy (non-hydrogen) atoms. The molecule has 1 saturated heterocycles. The largest absolute Gasteiger partial charge is 0.381 e. The smallest absolute Gasteiger partial charge is 0.213 e. The van der Waals surface area contributed by atoms with Crippen LogP contribution in [0.15, 0.2) is 0 Å². The van der Waals surface area contributed by atoms with Crippen LogP contribution < -0.4 is 5.32 Å². The maximum absolute atomic E-state index is 9.65. The summed E-state index contributed by atoms with van der Waals surface area (Å²) in [5.74, 6) is 0.484. The molecule has 0 spiro atoms. The zero-order chi connectivity index (χ0) is 11.3. The van der Waals surface area contributed by atoms with Crippen molar-refractivity contribution in [2.24, 2.45) is 5.92 Å². The lowest BCUT2D eigenvalue weighted by Crippen LogP contribution is -2.43. The number of hydrogen-bond acceptors (Lipinski definition) is 4. The third-order valence-corrected chi connectivity index (χ3v) is 2.90. The second-order valence-electron chi connectivity index (χ2n) is 4.50. The molecule has 0 aliphatic carbocycles. The lowest BCUT2D eigenvalue weighted by molar-refractivity contribution is -0.176. The molecule has 4 heteroatoms. The van der Waals surface area contributed by atoms with Crippen LogP contribution in [-0.4, -0.2) is 36.9 Å². The zero-order valence-electron chi connectivity index (χ0n) is 9.90. The number of rotatable bonds is 5. The molecule has 1 unspecified atom stereocenters. The Bertz CT molecular complexity index is 169. The molecule has 0 aromatic heterocycles. The lowest BCUT2D eigenvalue weighted by atomic mass is 10.1. The highest BCUT2D eigenvalue weighted by atomic mass is 16.6. The van der Waals surface area contributed by atoms with Gasteiger partial charge in [0.2, 0.25) is 6.41 Å². The van der Waals surface area contributed by atoms with Gasteiger partial charge in [0.25, 0.3) is 0 Å². The van der Waals surface area contributed by atoms with Gasteiger partial charge in [0.1, 0.15) is 0 Å². The maximum Gasteiger partial charge on any atom is 0.213 e. The first-order valence-corrected chi connectivity index (χ1v) is 5.77. The summed E-state index contributed by atoms with van der Waals surface area (Å²) in [6, 6.07) is 0.250. The van der Waals surface area contributed by atoms with Gasteiger partial charge in [-0.3, -0.25) is 5.32 Å². The van der Waals surface area contributed by atoms with Crippen molar-refractivity contribution in [1.82, 2.24) is 5.32 Å². The summed E-state index contributed by atoms with van der Waals surface area (Å²) in [5, 5.41) is 12.7. The molecule has 1 heterocycles. The molecule has 1 fully saturated rings. The number of aliphatic hydroxyl groups excluding tert-OH is 1. The Hall–Kier alpha value is -0.160. The molecule has 0 saturated carbocycles. The molecule has 1 rings (SSSR count). The van der Waals surface area contributed by atoms with Crippen molar-refractivity contribution in [2.75, 3.05) is 13.2 Å². The Balaban J connectivity index is 2.19. The summed E-state index contributed by atoms with van der Waals surface area (Å²) in [6.45, 7) is 7.73. The molecule has 0 amide bonds. The van der Waals surface area contributed by atoms with E-state index in [9.17, 15) is 5.11 Å². The van der Waals surface area contributed by atoms with Crippen LogP contribution in [0.5, 0.6) is 0 Å². The van der Waals surface area contributed by atoms with Crippen LogP contribution >= 0.6 is 0 Å². The molecule has 0 radical (unpaired) electrons. The molecule has 0 aromatic rings. The van der Waals surface area contributed by atoms with Crippen molar-refractivity contribution in [3.05, 3.63) is 0 Å². The monoisotopic (exact) mass is 217 g/mol. The van der Waals surface area contributed by atoms with Gasteiger partial charge in [0, 0.05) is 19.3 Å². The highest BCUT2D eigenvalue weighted by Gasteiger charge is 2.19. The minimum atomic E-state index is -0.856. The van der Waals surface area contributed by atoms with Gasteiger partial charge in [-0.05, 0) is 25.7 Å². The molecular weight excluding hydrogens is 194 g/mol. The zero-order valence-corrected chi connectivity index (χ0v) is 9.90. The Morgan fingerprint density at radius 1 is 1.27 bits per heavy atom. The SMILES string of the molecule is CC(C)[C@@H](C)NC(O)OC1CCOCC1. The predicted molar refractivity (Wildman–Crippen MR) is 58.4 cm³/mol. The number of hydrogen-bond donors (Lipinski definition) is 2. The van der Waals surface area contributed by atoms with Crippen molar-refractivity contribution in [2.45, 2.75) is 52.2 Å². The average Bonchev–Trinajstić information content (AvgIpc) is 2.18. The minimum Gasteiger partial charge on any atom is -0.381 e. The van der Waals surface area contributed by atoms with E-state index in [0.29, 0.717) is 5.92 Å². The summed E-state index contributed by atoms with van der Waals surface area (Å²) in [7, 11) is 0. The van der Waals surface area contributed by atoms with E-state index >= 15 is 0 Å². The van der Waals surface area contributed by atoms with E-state index in [1.807, 2.05) is 6.92 Å². The normalized spacial score (nSPS) is 23.0. The van der Waals surface area contributed by atoms with Crippen LogP contribution in [0.2, 0.25) is 0 Å². The summed E-state index contributed by atoms with van der Waals surface area (Å²) in [5.41, 5.74) is 0. The Morgan fingerprint density at radius 3 is 2.40 bits per heavy atom. The Morgan fingerprint density at radius 2 is 1.87 bits per heavy atom. The Labute approximate surface area is 92.0 Å². The highest BCUT2D eigenvalue weighted by Crippen LogP contribution is 2.12.